The number of aromatic nitrogens is 2. The molecule has 0 amide bonds. The van der Waals surface area contributed by atoms with Gasteiger partial charge in [-0.25, -0.2) is 31.9 Å². The van der Waals surface area contributed by atoms with Gasteiger partial charge in [0.1, 0.15) is 4.60 Å². The Morgan fingerprint density at radius 1 is 1.35 bits per heavy atom. The van der Waals surface area contributed by atoms with Gasteiger partial charge in [-0.3, -0.25) is 0 Å². The van der Waals surface area contributed by atoms with Crippen LogP contribution in [0.15, 0.2) is 40.1 Å². The van der Waals surface area contributed by atoms with Crippen LogP contribution in [0.2, 0.25) is 0 Å². The molecule has 2 N–H and O–H groups in total. The van der Waals surface area contributed by atoms with Crippen LogP contribution in [-0.4, -0.2) is 25.4 Å². The van der Waals surface area contributed by atoms with Crippen molar-refractivity contribution in [3.8, 4) is 0 Å². The summed E-state index contributed by atoms with van der Waals surface area (Å²) >= 11 is 3.13. The van der Waals surface area contributed by atoms with Crippen LogP contribution in [0, 0.1) is 0 Å². The van der Waals surface area contributed by atoms with E-state index < -0.39 is 16.4 Å². The van der Waals surface area contributed by atoms with E-state index in [4.69, 9.17) is 0 Å². The van der Waals surface area contributed by atoms with Crippen LogP contribution >= 0.6 is 15.9 Å². The number of rotatable bonds is 6. The molecular formula is C13H13BrF2N4O2S. The molecule has 0 saturated heterocycles. The van der Waals surface area contributed by atoms with Crippen molar-refractivity contribution in [2.45, 2.75) is 18.0 Å². The average molecular weight is 407 g/mol. The number of hydrogen-bond donors (Lipinski definition) is 2. The summed E-state index contributed by atoms with van der Waals surface area (Å²) in [5, 5.41) is 2.69. The van der Waals surface area contributed by atoms with Gasteiger partial charge >= 0.3 is 0 Å². The third kappa shape index (κ3) is 4.43. The summed E-state index contributed by atoms with van der Waals surface area (Å²) in [4.78, 5) is 7.87. The van der Waals surface area contributed by atoms with Gasteiger partial charge in [0.2, 0.25) is 0 Å². The lowest BCUT2D eigenvalue weighted by Crippen LogP contribution is -2.20. The summed E-state index contributed by atoms with van der Waals surface area (Å²) in [5.74, 6) is 0.308. The fourth-order valence-electron chi connectivity index (χ4n) is 1.73. The number of alkyl halides is 2. The predicted octanol–water partition coefficient (Wildman–Crippen LogP) is 2.70. The molecule has 0 bridgehead atoms. The second kappa shape index (κ2) is 7.28. The van der Waals surface area contributed by atoms with E-state index >= 15 is 0 Å². The number of hydrogen-bond acceptors (Lipinski definition) is 5. The van der Waals surface area contributed by atoms with Crippen molar-refractivity contribution in [1.29, 1.82) is 0 Å². The van der Waals surface area contributed by atoms with Crippen molar-refractivity contribution in [3.63, 3.8) is 0 Å². The minimum Gasteiger partial charge on any atom is -0.364 e. The second-order valence-electron chi connectivity index (χ2n) is 4.45. The number of sulfonamides is 1. The first-order valence-corrected chi connectivity index (χ1v) is 8.68. The second-order valence-corrected chi connectivity index (χ2v) is 7.04. The van der Waals surface area contributed by atoms with Gasteiger partial charge in [-0.05, 0) is 34.6 Å². The normalized spacial score (nSPS) is 11.7. The minimum absolute atomic E-state index is 0.0649. The molecule has 0 atom stereocenters. The maximum absolute atomic E-state index is 12.7. The van der Waals surface area contributed by atoms with Crippen molar-refractivity contribution in [3.05, 3.63) is 46.2 Å². The number of halogens is 3. The minimum atomic E-state index is -3.68. The topological polar surface area (TPSA) is 84.0 Å². The highest BCUT2D eigenvalue weighted by atomic mass is 79.9. The molecule has 0 aliphatic heterocycles. The lowest BCUT2D eigenvalue weighted by molar-refractivity contribution is 0.151. The molecule has 10 heteroatoms. The van der Waals surface area contributed by atoms with Crippen molar-refractivity contribution in [2.24, 2.45) is 0 Å². The maximum Gasteiger partial charge on any atom is 0.263 e. The summed E-state index contributed by atoms with van der Waals surface area (Å²) in [6, 6.07) is 5.97. The number of nitrogens with zero attached hydrogens (tertiary/aromatic N) is 2. The Kier molecular flexibility index (Phi) is 5.60. The van der Waals surface area contributed by atoms with Crippen molar-refractivity contribution in [1.82, 2.24) is 14.7 Å². The van der Waals surface area contributed by atoms with Crippen LogP contribution in [-0.2, 0) is 16.6 Å². The summed E-state index contributed by atoms with van der Waals surface area (Å²) in [6.45, 7) is 0.242. The molecule has 0 radical (unpaired) electrons. The predicted molar refractivity (Wildman–Crippen MR) is 84.7 cm³/mol. The Bertz CT molecular complexity index is 802. The summed E-state index contributed by atoms with van der Waals surface area (Å²) in [7, 11) is -2.41. The zero-order valence-corrected chi connectivity index (χ0v) is 14.3. The SMILES string of the molecule is CNS(=O)(=O)c1cnc(NCc2cccc(C(F)F)c2)c(Br)n1. The van der Waals surface area contributed by atoms with Gasteiger partial charge < -0.3 is 5.32 Å². The van der Waals surface area contributed by atoms with Crippen molar-refractivity contribution >= 4 is 31.8 Å². The third-order valence-electron chi connectivity index (χ3n) is 2.91. The molecular weight excluding hydrogens is 394 g/mol. The molecule has 0 fully saturated rings. The molecule has 1 aromatic carbocycles. The summed E-state index contributed by atoms with van der Waals surface area (Å²) < 4.78 is 50.9. The average Bonchev–Trinajstić information content (AvgIpc) is 2.53. The van der Waals surface area contributed by atoms with Crippen LogP contribution in [0.4, 0.5) is 14.6 Å². The maximum atomic E-state index is 12.7. The Labute approximate surface area is 140 Å². The largest absolute Gasteiger partial charge is 0.364 e. The highest BCUT2D eigenvalue weighted by Gasteiger charge is 2.16. The zero-order valence-electron chi connectivity index (χ0n) is 11.9. The van der Waals surface area contributed by atoms with E-state index in [0.29, 0.717) is 11.4 Å². The van der Waals surface area contributed by atoms with E-state index in [2.05, 4.69) is 35.9 Å². The van der Waals surface area contributed by atoms with E-state index in [0.717, 1.165) is 6.20 Å². The molecule has 2 aromatic rings. The molecule has 0 saturated carbocycles. The lowest BCUT2D eigenvalue weighted by Gasteiger charge is -2.09. The van der Waals surface area contributed by atoms with Crippen LogP contribution in [0.1, 0.15) is 17.6 Å². The molecule has 0 aliphatic rings. The number of benzene rings is 1. The molecule has 1 heterocycles. The molecule has 0 unspecified atom stereocenters. The molecule has 23 heavy (non-hydrogen) atoms. The highest BCUT2D eigenvalue weighted by Crippen LogP contribution is 2.22. The van der Waals surface area contributed by atoms with Gasteiger partial charge in [0.05, 0.1) is 6.20 Å². The molecule has 0 aliphatic carbocycles. The Morgan fingerprint density at radius 2 is 2.09 bits per heavy atom. The van der Waals surface area contributed by atoms with Gasteiger partial charge in [-0.15, -0.1) is 0 Å². The number of nitrogens with one attached hydrogen (secondary N) is 2. The van der Waals surface area contributed by atoms with Gasteiger partial charge in [0.25, 0.3) is 16.4 Å². The fourth-order valence-corrected chi connectivity index (χ4v) is 2.89. The first kappa shape index (κ1) is 17.7. The molecule has 6 nitrogen and oxygen atoms in total. The van der Waals surface area contributed by atoms with Crippen molar-refractivity contribution in [2.75, 3.05) is 12.4 Å². The van der Waals surface area contributed by atoms with E-state index in [9.17, 15) is 17.2 Å². The number of anilines is 1. The van der Waals surface area contributed by atoms with Gasteiger partial charge in [0.15, 0.2) is 10.8 Å². The molecule has 0 spiro atoms. The fraction of sp³-hybridized carbons (Fsp3) is 0.231. The van der Waals surface area contributed by atoms with Crippen LogP contribution < -0.4 is 10.0 Å². The monoisotopic (exact) mass is 406 g/mol. The summed E-state index contributed by atoms with van der Waals surface area (Å²) in [6.07, 6.45) is -1.43. The third-order valence-corrected chi connectivity index (χ3v) is 4.75. The first-order chi connectivity index (χ1) is 10.8. The van der Waals surface area contributed by atoms with Gasteiger partial charge in [-0.2, -0.15) is 0 Å². The molecule has 2 rings (SSSR count). The van der Waals surface area contributed by atoms with E-state index in [1.54, 1.807) is 12.1 Å². The Morgan fingerprint density at radius 3 is 2.70 bits per heavy atom. The van der Waals surface area contributed by atoms with Crippen LogP contribution in [0.25, 0.3) is 0 Å². The standard InChI is InChI=1S/C13H13BrF2N4O2S/c1-17-23(21,22)10-7-19-13(11(14)20-10)18-6-8-3-2-4-9(5-8)12(15)16/h2-5,7,12,17H,6H2,1H3,(H,18,19). The van der Waals surface area contributed by atoms with Gasteiger partial charge in [0, 0.05) is 12.1 Å². The van der Waals surface area contributed by atoms with Crippen LogP contribution in [0.3, 0.4) is 0 Å². The summed E-state index contributed by atoms with van der Waals surface area (Å²) in [5.41, 5.74) is 0.577. The lowest BCUT2D eigenvalue weighted by atomic mass is 10.1. The first-order valence-electron chi connectivity index (χ1n) is 6.40. The van der Waals surface area contributed by atoms with E-state index in [1.165, 1.54) is 19.2 Å². The van der Waals surface area contributed by atoms with Crippen LogP contribution in [0.5, 0.6) is 0 Å². The quantitative estimate of drug-likeness (QED) is 0.770. The molecule has 124 valence electrons. The van der Waals surface area contributed by atoms with E-state index in [-0.39, 0.29) is 21.7 Å². The highest BCUT2D eigenvalue weighted by molar-refractivity contribution is 9.10. The van der Waals surface area contributed by atoms with Gasteiger partial charge in [-0.1, -0.05) is 18.2 Å². The smallest absolute Gasteiger partial charge is 0.263 e. The Balaban J connectivity index is 2.14. The zero-order chi connectivity index (χ0) is 17.0. The van der Waals surface area contributed by atoms with E-state index in [1.807, 2.05) is 0 Å². The Hall–Kier alpha value is -1.65. The van der Waals surface area contributed by atoms with Crippen molar-refractivity contribution < 1.29 is 17.2 Å². The molecule has 1 aromatic heterocycles.